The number of hydrogen-bond donors (Lipinski definition) is 0. The van der Waals surface area contributed by atoms with Gasteiger partial charge < -0.3 is 13.7 Å². The molecule has 3 rings (SSSR count). The van der Waals surface area contributed by atoms with E-state index in [0.29, 0.717) is 0 Å². The molecule has 122 valence electrons. The maximum Gasteiger partial charge on any atom is 0.495 e. The van der Waals surface area contributed by atoms with Gasteiger partial charge >= 0.3 is 7.12 Å². The van der Waals surface area contributed by atoms with Gasteiger partial charge in [0, 0.05) is 0 Å². The summed E-state index contributed by atoms with van der Waals surface area (Å²) in [6.07, 6.45) is 1.32. The van der Waals surface area contributed by atoms with Gasteiger partial charge in [-0.1, -0.05) is 0 Å². The average molecular weight is 324 g/mol. The maximum atomic E-state index is 14.3. The fraction of sp³-hybridized carbons (Fsp3) is 0.375. The predicted molar refractivity (Wildman–Crippen MR) is 79.7 cm³/mol. The molecule has 1 aromatic carbocycles. The number of hydrogen-bond acceptors (Lipinski definition) is 3. The van der Waals surface area contributed by atoms with E-state index in [1.807, 2.05) is 27.7 Å². The third kappa shape index (κ3) is 2.48. The van der Waals surface area contributed by atoms with Crippen LogP contribution in [0.4, 0.5) is 13.2 Å². The summed E-state index contributed by atoms with van der Waals surface area (Å²) in [5, 5.41) is 0. The van der Waals surface area contributed by atoms with Crippen molar-refractivity contribution in [3.05, 3.63) is 41.9 Å². The van der Waals surface area contributed by atoms with Gasteiger partial charge in [0.25, 0.3) is 0 Å². The second kappa shape index (κ2) is 5.14. The van der Waals surface area contributed by atoms with Crippen LogP contribution in [0.2, 0.25) is 0 Å². The van der Waals surface area contributed by atoms with E-state index >= 15 is 0 Å². The second-order valence-electron chi connectivity index (χ2n) is 6.52. The lowest BCUT2D eigenvalue weighted by atomic mass is 9.75. The van der Waals surface area contributed by atoms with Crippen LogP contribution >= 0.6 is 0 Å². The molecule has 1 aliphatic rings. The number of rotatable bonds is 2. The number of furan rings is 1. The van der Waals surface area contributed by atoms with Crippen molar-refractivity contribution >= 4 is 12.6 Å². The minimum atomic E-state index is -1.56. The summed E-state index contributed by atoms with van der Waals surface area (Å²) < 4.78 is 58.6. The standard InChI is InChI=1S/C16H16BF3O3/c1-15(2)16(3,4)23-17(22-15)9-8-10(18)13(19)14(20)12(9)11-6-5-7-21-11/h5-8H,1-4H3. The van der Waals surface area contributed by atoms with E-state index in [1.165, 1.54) is 18.4 Å². The van der Waals surface area contributed by atoms with Crippen molar-refractivity contribution in [3.8, 4) is 11.3 Å². The fourth-order valence-electron chi connectivity index (χ4n) is 2.44. The third-order valence-corrected chi connectivity index (χ3v) is 4.47. The van der Waals surface area contributed by atoms with Gasteiger partial charge in [0.2, 0.25) is 0 Å². The van der Waals surface area contributed by atoms with Crippen molar-refractivity contribution in [2.24, 2.45) is 0 Å². The van der Waals surface area contributed by atoms with Crippen LogP contribution in [0.1, 0.15) is 27.7 Å². The summed E-state index contributed by atoms with van der Waals surface area (Å²) in [6.45, 7) is 7.26. The van der Waals surface area contributed by atoms with Crippen LogP contribution in [-0.2, 0) is 9.31 Å². The zero-order chi connectivity index (χ0) is 17.0. The van der Waals surface area contributed by atoms with Crippen LogP contribution in [0, 0.1) is 17.5 Å². The van der Waals surface area contributed by atoms with E-state index in [4.69, 9.17) is 13.7 Å². The lowest BCUT2D eigenvalue weighted by Crippen LogP contribution is -2.41. The predicted octanol–water partition coefficient (Wildman–Crippen LogP) is 3.66. The van der Waals surface area contributed by atoms with E-state index in [1.54, 1.807) is 0 Å². The van der Waals surface area contributed by atoms with E-state index in [9.17, 15) is 13.2 Å². The Labute approximate surface area is 132 Å². The Morgan fingerprint density at radius 2 is 1.57 bits per heavy atom. The normalized spacial score (nSPS) is 19.3. The first-order valence-electron chi connectivity index (χ1n) is 7.21. The molecule has 1 aromatic heterocycles. The average Bonchev–Trinajstić information content (AvgIpc) is 3.03. The van der Waals surface area contributed by atoms with Crippen molar-refractivity contribution in [2.45, 2.75) is 38.9 Å². The van der Waals surface area contributed by atoms with Gasteiger partial charge in [0.1, 0.15) is 5.76 Å². The highest BCUT2D eigenvalue weighted by Gasteiger charge is 2.53. The van der Waals surface area contributed by atoms with Gasteiger partial charge in [0.15, 0.2) is 17.5 Å². The van der Waals surface area contributed by atoms with Gasteiger partial charge in [0.05, 0.1) is 23.0 Å². The van der Waals surface area contributed by atoms with Crippen LogP contribution in [-0.4, -0.2) is 18.3 Å². The first kappa shape index (κ1) is 16.1. The molecule has 2 heterocycles. The minimum Gasteiger partial charge on any atom is -0.464 e. The van der Waals surface area contributed by atoms with Gasteiger partial charge in [-0.3, -0.25) is 0 Å². The van der Waals surface area contributed by atoms with Gasteiger partial charge in [-0.25, -0.2) is 13.2 Å². The smallest absolute Gasteiger partial charge is 0.464 e. The Balaban J connectivity index is 2.17. The summed E-state index contributed by atoms with van der Waals surface area (Å²) in [7, 11) is -1.04. The van der Waals surface area contributed by atoms with Crippen molar-refractivity contribution in [2.75, 3.05) is 0 Å². The molecular formula is C16H16BF3O3. The topological polar surface area (TPSA) is 31.6 Å². The van der Waals surface area contributed by atoms with Crippen molar-refractivity contribution < 1.29 is 26.9 Å². The third-order valence-electron chi connectivity index (χ3n) is 4.47. The zero-order valence-electron chi connectivity index (χ0n) is 13.2. The highest BCUT2D eigenvalue weighted by molar-refractivity contribution is 6.63. The molecule has 0 amide bonds. The first-order chi connectivity index (χ1) is 10.6. The van der Waals surface area contributed by atoms with Gasteiger partial charge in [-0.05, 0) is 51.4 Å². The van der Waals surface area contributed by atoms with Crippen LogP contribution in [0.3, 0.4) is 0 Å². The first-order valence-corrected chi connectivity index (χ1v) is 7.21. The molecule has 2 aromatic rings. The molecular weight excluding hydrogens is 308 g/mol. The molecule has 1 fully saturated rings. The summed E-state index contributed by atoms with van der Waals surface area (Å²) in [5.41, 5.74) is -1.54. The SMILES string of the molecule is CC1(C)OB(c2cc(F)c(F)c(F)c2-c2ccco2)OC1(C)C. The van der Waals surface area contributed by atoms with E-state index in [-0.39, 0.29) is 16.8 Å². The summed E-state index contributed by atoms with van der Waals surface area (Å²) in [4.78, 5) is 0. The Hall–Kier alpha value is -1.73. The Kier molecular flexibility index (Phi) is 3.61. The summed E-state index contributed by atoms with van der Waals surface area (Å²) in [6, 6.07) is 3.88. The molecule has 0 radical (unpaired) electrons. The molecule has 0 spiro atoms. The Bertz CT molecular complexity index is 726. The molecule has 7 heteroatoms. The molecule has 0 aliphatic carbocycles. The number of halogens is 3. The molecule has 0 N–H and O–H groups in total. The second-order valence-corrected chi connectivity index (χ2v) is 6.52. The van der Waals surface area contributed by atoms with Crippen LogP contribution in [0.25, 0.3) is 11.3 Å². The molecule has 1 saturated heterocycles. The Morgan fingerprint density at radius 3 is 2.09 bits per heavy atom. The maximum absolute atomic E-state index is 14.3. The lowest BCUT2D eigenvalue weighted by molar-refractivity contribution is 0.00578. The molecule has 0 saturated carbocycles. The zero-order valence-corrected chi connectivity index (χ0v) is 13.2. The molecule has 23 heavy (non-hydrogen) atoms. The van der Waals surface area contributed by atoms with E-state index < -0.39 is 35.8 Å². The fourth-order valence-corrected chi connectivity index (χ4v) is 2.44. The van der Waals surface area contributed by atoms with Crippen molar-refractivity contribution in [3.63, 3.8) is 0 Å². The van der Waals surface area contributed by atoms with Crippen LogP contribution < -0.4 is 5.46 Å². The highest BCUT2D eigenvalue weighted by Crippen LogP contribution is 2.38. The minimum absolute atomic E-state index is 0.0509. The monoisotopic (exact) mass is 324 g/mol. The highest BCUT2D eigenvalue weighted by atomic mass is 19.2. The summed E-state index contributed by atoms with van der Waals surface area (Å²) >= 11 is 0. The van der Waals surface area contributed by atoms with Crippen LogP contribution in [0.5, 0.6) is 0 Å². The quantitative estimate of drug-likeness (QED) is 0.624. The largest absolute Gasteiger partial charge is 0.495 e. The molecule has 0 bridgehead atoms. The van der Waals surface area contributed by atoms with E-state index in [0.717, 1.165) is 6.07 Å². The van der Waals surface area contributed by atoms with Crippen molar-refractivity contribution in [1.82, 2.24) is 0 Å². The van der Waals surface area contributed by atoms with E-state index in [2.05, 4.69) is 0 Å². The summed E-state index contributed by atoms with van der Waals surface area (Å²) in [5.74, 6) is -4.12. The molecule has 3 nitrogen and oxygen atoms in total. The molecule has 0 unspecified atom stereocenters. The molecule has 1 aliphatic heterocycles. The lowest BCUT2D eigenvalue weighted by Gasteiger charge is -2.32. The van der Waals surface area contributed by atoms with Crippen LogP contribution in [0.15, 0.2) is 28.9 Å². The van der Waals surface area contributed by atoms with Gasteiger partial charge in [-0.15, -0.1) is 0 Å². The number of benzene rings is 1. The van der Waals surface area contributed by atoms with Gasteiger partial charge in [-0.2, -0.15) is 0 Å². The Morgan fingerprint density at radius 1 is 0.957 bits per heavy atom. The van der Waals surface area contributed by atoms with Crippen molar-refractivity contribution in [1.29, 1.82) is 0 Å². The molecule has 0 atom stereocenters.